The fourth-order valence-electron chi connectivity index (χ4n) is 5.77. The van der Waals surface area contributed by atoms with E-state index in [1.54, 1.807) is 20.3 Å². The number of pyridine rings is 1. The summed E-state index contributed by atoms with van der Waals surface area (Å²) in [5.41, 5.74) is 3.63. The third-order valence-corrected chi connectivity index (χ3v) is 8.55. The van der Waals surface area contributed by atoms with E-state index in [0.717, 1.165) is 28.2 Å². The molecule has 0 spiro atoms. The van der Waals surface area contributed by atoms with E-state index in [-0.39, 0.29) is 16.1 Å². The van der Waals surface area contributed by atoms with Crippen LogP contribution in [-0.4, -0.2) is 71.5 Å². The summed E-state index contributed by atoms with van der Waals surface area (Å²) in [6.45, 7) is 4.47. The molecule has 47 heavy (non-hydrogen) atoms. The number of rotatable bonds is 9. The Kier molecular flexibility index (Phi) is 9.26. The number of methoxy groups -OCH3 is 2. The van der Waals surface area contributed by atoms with E-state index in [1.807, 2.05) is 72.5 Å². The Morgan fingerprint density at radius 2 is 1.51 bits per heavy atom. The number of ether oxygens (including phenoxy) is 2. The topological polar surface area (TPSA) is 104 Å². The molecule has 1 amide bonds. The van der Waals surface area contributed by atoms with E-state index in [4.69, 9.17) is 26.1 Å². The zero-order valence-electron chi connectivity index (χ0n) is 26.3. The van der Waals surface area contributed by atoms with E-state index >= 15 is 4.39 Å². The maximum Gasteiger partial charge on any atom is 0.407 e. The number of aromatic nitrogens is 3. The Labute approximate surface area is 277 Å². The molecule has 5 aromatic rings. The van der Waals surface area contributed by atoms with Crippen LogP contribution < -0.4 is 19.3 Å². The van der Waals surface area contributed by atoms with Crippen LogP contribution in [0.15, 0.2) is 73.1 Å². The van der Waals surface area contributed by atoms with Gasteiger partial charge in [0.05, 0.1) is 30.5 Å². The first-order valence-corrected chi connectivity index (χ1v) is 15.5. The van der Waals surface area contributed by atoms with Gasteiger partial charge in [-0.25, -0.2) is 24.1 Å². The highest BCUT2D eigenvalue weighted by Gasteiger charge is 2.26. The van der Waals surface area contributed by atoms with Gasteiger partial charge >= 0.3 is 6.09 Å². The quantitative estimate of drug-likeness (QED) is 0.183. The number of hydrogen-bond acceptors (Lipinski definition) is 8. The van der Waals surface area contributed by atoms with Gasteiger partial charge in [0.1, 0.15) is 35.0 Å². The van der Waals surface area contributed by atoms with Crippen LogP contribution in [0.1, 0.15) is 16.7 Å². The van der Waals surface area contributed by atoms with E-state index in [0.29, 0.717) is 62.0 Å². The van der Waals surface area contributed by atoms with Gasteiger partial charge in [-0.3, -0.25) is 0 Å². The summed E-state index contributed by atoms with van der Waals surface area (Å²) >= 11 is 6.84. The number of anilines is 2. The number of halogens is 2. The molecule has 6 rings (SSSR count). The van der Waals surface area contributed by atoms with Crippen molar-refractivity contribution in [1.82, 2.24) is 19.9 Å². The van der Waals surface area contributed by atoms with E-state index < -0.39 is 11.9 Å². The van der Waals surface area contributed by atoms with Crippen LogP contribution in [0.3, 0.4) is 0 Å². The number of aryl methyl sites for hydroxylation is 1. The van der Waals surface area contributed by atoms with Crippen molar-refractivity contribution in [3.63, 3.8) is 0 Å². The van der Waals surface area contributed by atoms with Crippen molar-refractivity contribution >= 4 is 40.2 Å². The van der Waals surface area contributed by atoms with Crippen molar-refractivity contribution in [3.05, 3.63) is 101 Å². The summed E-state index contributed by atoms with van der Waals surface area (Å²) in [4.78, 5) is 30.5. The largest absolute Gasteiger partial charge is 0.497 e. The van der Waals surface area contributed by atoms with Gasteiger partial charge in [-0.1, -0.05) is 35.9 Å². The first-order chi connectivity index (χ1) is 22.7. The predicted molar refractivity (Wildman–Crippen MR) is 180 cm³/mol. The number of amides is 1. The van der Waals surface area contributed by atoms with Gasteiger partial charge in [0, 0.05) is 44.7 Å². The summed E-state index contributed by atoms with van der Waals surface area (Å²) in [6, 6.07) is 21.2. The number of carbonyl (C=O) groups is 1. The number of fused-ring (bicyclic) bond motifs is 1. The highest BCUT2D eigenvalue weighted by atomic mass is 35.5. The standard InChI is InChI=1S/C35H34ClFN6O4/c1-22-16-29(31-28(36)18-27-33(32(31)37)38-21-39-34(27)41-12-14-42(15-13-41)35(44)45)40-30(17-22)43(19-23-4-8-25(46-2)9-5-23)20-24-6-10-26(47-3)11-7-24/h4-11,16-18,21H,12-15,19-20H2,1-3H3,(H,44,45). The van der Waals surface area contributed by atoms with Gasteiger partial charge in [-0.15, -0.1) is 0 Å². The van der Waals surface area contributed by atoms with Crippen molar-refractivity contribution in [2.75, 3.05) is 50.2 Å². The maximum absolute atomic E-state index is 16.5. The number of hydrogen-bond donors (Lipinski definition) is 1. The van der Waals surface area contributed by atoms with Crippen molar-refractivity contribution < 1.29 is 23.8 Å². The molecule has 1 N–H and O–H groups in total. The van der Waals surface area contributed by atoms with Gasteiger partial charge in [-0.05, 0) is 66.1 Å². The van der Waals surface area contributed by atoms with Crippen LogP contribution in [0, 0.1) is 12.7 Å². The molecule has 0 saturated carbocycles. The lowest BCUT2D eigenvalue weighted by Gasteiger charge is -2.34. The predicted octanol–water partition coefficient (Wildman–Crippen LogP) is 6.82. The monoisotopic (exact) mass is 656 g/mol. The average Bonchev–Trinajstić information content (AvgIpc) is 3.08. The van der Waals surface area contributed by atoms with Crippen LogP contribution in [0.2, 0.25) is 5.02 Å². The fraction of sp³-hybridized carbons (Fsp3) is 0.257. The van der Waals surface area contributed by atoms with Gasteiger partial charge in [-0.2, -0.15) is 0 Å². The average molecular weight is 657 g/mol. The molecule has 3 heterocycles. The molecule has 1 fully saturated rings. The maximum atomic E-state index is 16.5. The summed E-state index contributed by atoms with van der Waals surface area (Å²) in [5.74, 6) is 2.10. The molecular formula is C35H34ClFN6O4. The van der Waals surface area contributed by atoms with Crippen molar-refractivity contribution in [2.45, 2.75) is 20.0 Å². The molecule has 2 aromatic heterocycles. The molecule has 0 bridgehead atoms. The van der Waals surface area contributed by atoms with Crippen LogP contribution in [0.25, 0.3) is 22.2 Å². The molecule has 1 saturated heterocycles. The van der Waals surface area contributed by atoms with Gasteiger partial charge < -0.3 is 29.3 Å². The second-order valence-corrected chi connectivity index (χ2v) is 11.7. The minimum Gasteiger partial charge on any atom is -0.497 e. The van der Waals surface area contributed by atoms with Crippen molar-refractivity contribution in [1.29, 1.82) is 0 Å². The molecule has 1 aliphatic heterocycles. The normalized spacial score (nSPS) is 13.1. The van der Waals surface area contributed by atoms with Gasteiger partial charge in [0.15, 0.2) is 5.82 Å². The first-order valence-electron chi connectivity index (χ1n) is 15.1. The summed E-state index contributed by atoms with van der Waals surface area (Å²) < 4.78 is 27.2. The Balaban J connectivity index is 1.38. The van der Waals surface area contributed by atoms with Crippen LogP contribution in [0.4, 0.5) is 20.8 Å². The smallest absolute Gasteiger partial charge is 0.407 e. The molecule has 0 aliphatic carbocycles. The van der Waals surface area contributed by atoms with Crippen LogP contribution in [0.5, 0.6) is 11.5 Å². The third-order valence-electron chi connectivity index (χ3n) is 8.25. The number of benzene rings is 3. The lowest BCUT2D eigenvalue weighted by atomic mass is 10.0. The SMILES string of the molecule is COc1ccc(CN(Cc2ccc(OC)cc2)c2cc(C)cc(-c3c(Cl)cc4c(N5CCN(C(=O)O)CC5)ncnc4c3F)n2)cc1. The van der Waals surface area contributed by atoms with Gasteiger partial charge in [0.2, 0.25) is 0 Å². The Hall–Kier alpha value is -5.16. The minimum absolute atomic E-state index is 0.119. The first kappa shape index (κ1) is 31.8. The Morgan fingerprint density at radius 3 is 2.06 bits per heavy atom. The lowest BCUT2D eigenvalue weighted by molar-refractivity contribution is 0.142. The van der Waals surface area contributed by atoms with Crippen LogP contribution in [-0.2, 0) is 13.1 Å². The second-order valence-electron chi connectivity index (χ2n) is 11.3. The molecule has 0 unspecified atom stereocenters. The zero-order valence-corrected chi connectivity index (χ0v) is 27.0. The molecule has 12 heteroatoms. The highest BCUT2D eigenvalue weighted by Crippen LogP contribution is 2.38. The van der Waals surface area contributed by atoms with Crippen LogP contribution >= 0.6 is 11.6 Å². The summed E-state index contributed by atoms with van der Waals surface area (Å²) in [5, 5.41) is 9.97. The molecule has 1 aliphatic rings. The van der Waals surface area contributed by atoms with E-state index in [9.17, 15) is 9.90 Å². The van der Waals surface area contributed by atoms with Crippen molar-refractivity contribution in [3.8, 4) is 22.8 Å². The third kappa shape index (κ3) is 6.85. The van der Waals surface area contributed by atoms with E-state index in [1.165, 1.54) is 11.2 Å². The fourth-order valence-corrected chi connectivity index (χ4v) is 6.06. The molecule has 3 aromatic carbocycles. The molecular weight excluding hydrogens is 623 g/mol. The molecule has 242 valence electrons. The lowest BCUT2D eigenvalue weighted by Crippen LogP contribution is -2.48. The Morgan fingerprint density at radius 1 is 0.915 bits per heavy atom. The summed E-state index contributed by atoms with van der Waals surface area (Å²) in [7, 11) is 3.27. The minimum atomic E-state index is -0.965. The van der Waals surface area contributed by atoms with E-state index in [2.05, 4.69) is 14.9 Å². The Bertz CT molecular complexity index is 1850. The number of piperazine rings is 1. The molecule has 10 nitrogen and oxygen atoms in total. The zero-order chi connectivity index (χ0) is 33.1. The highest BCUT2D eigenvalue weighted by molar-refractivity contribution is 6.34. The summed E-state index contributed by atoms with van der Waals surface area (Å²) in [6.07, 6.45) is 0.357. The molecule has 0 radical (unpaired) electrons. The van der Waals surface area contributed by atoms with Gasteiger partial charge in [0.25, 0.3) is 0 Å². The number of nitrogens with zero attached hydrogens (tertiary/aromatic N) is 6. The van der Waals surface area contributed by atoms with Crippen molar-refractivity contribution in [2.24, 2.45) is 0 Å². The second kappa shape index (κ2) is 13.7. The molecule has 0 atom stereocenters. The number of carboxylic acid groups (broad SMARTS) is 1.